The monoisotopic (exact) mass is 222 g/mol. The fraction of sp³-hybridized carbons (Fsp3) is 0.786. The van der Waals surface area contributed by atoms with E-state index in [4.69, 9.17) is 0 Å². The zero-order chi connectivity index (χ0) is 12.0. The van der Waals surface area contributed by atoms with Gasteiger partial charge < -0.3 is 5.11 Å². The van der Waals surface area contributed by atoms with Gasteiger partial charge in [0, 0.05) is 0 Å². The lowest BCUT2D eigenvalue weighted by atomic mass is 9.55. The van der Waals surface area contributed by atoms with Crippen molar-refractivity contribution in [3.63, 3.8) is 0 Å². The normalized spacial score (nSPS) is 43.5. The lowest BCUT2D eigenvalue weighted by Gasteiger charge is -2.51. The minimum Gasteiger partial charge on any atom is -0.390 e. The summed E-state index contributed by atoms with van der Waals surface area (Å²) in [6, 6.07) is 0. The molecule has 2 rings (SSSR count). The molecule has 0 spiro atoms. The van der Waals surface area contributed by atoms with Gasteiger partial charge in [-0.25, -0.2) is 0 Å². The molecule has 1 N–H and O–H groups in total. The van der Waals surface area contributed by atoms with Crippen LogP contribution >= 0.6 is 0 Å². The number of carbonyl (C=O) groups is 1. The van der Waals surface area contributed by atoms with Crippen LogP contribution in [0, 0.1) is 11.3 Å². The molecule has 3 atom stereocenters. The van der Waals surface area contributed by atoms with Gasteiger partial charge in [0.1, 0.15) is 0 Å². The van der Waals surface area contributed by atoms with Crippen LogP contribution in [-0.2, 0) is 4.79 Å². The van der Waals surface area contributed by atoms with Crippen LogP contribution in [0.4, 0.5) is 0 Å². The first-order valence-corrected chi connectivity index (χ1v) is 6.27. The van der Waals surface area contributed by atoms with E-state index in [1.54, 1.807) is 6.92 Å². The lowest BCUT2D eigenvalue weighted by molar-refractivity contribution is -0.117. The number of Topliss-reactive ketones (excluding diaryl/α,β-unsaturated/α-hetero) is 1. The maximum absolute atomic E-state index is 11.4. The van der Waals surface area contributed by atoms with E-state index in [2.05, 4.69) is 13.0 Å². The minimum absolute atomic E-state index is 0.170. The van der Waals surface area contributed by atoms with Crippen molar-refractivity contribution in [3.8, 4) is 0 Å². The van der Waals surface area contributed by atoms with Crippen molar-refractivity contribution < 1.29 is 9.90 Å². The Balaban J connectivity index is 2.30. The van der Waals surface area contributed by atoms with E-state index in [0.29, 0.717) is 0 Å². The van der Waals surface area contributed by atoms with Gasteiger partial charge in [-0.3, -0.25) is 4.79 Å². The van der Waals surface area contributed by atoms with Crippen LogP contribution in [0.3, 0.4) is 0 Å². The second-order valence-electron chi connectivity index (χ2n) is 6.11. The van der Waals surface area contributed by atoms with Crippen LogP contribution in [0.2, 0.25) is 0 Å². The summed E-state index contributed by atoms with van der Waals surface area (Å²) in [6.07, 6.45) is 6.96. The van der Waals surface area contributed by atoms with Gasteiger partial charge in [-0.15, -0.1) is 0 Å². The lowest BCUT2D eigenvalue weighted by Crippen LogP contribution is -2.49. The molecule has 0 radical (unpaired) electrons. The number of hydrogen-bond acceptors (Lipinski definition) is 2. The molecule has 0 heterocycles. The van der Waals surface area contributed by atoms with E-state index in [1.807, 2.05) is 6.92 Å². The summed E-state index contributed by atoms with van der Waals surface area (Å²) >= 11 is 0. The molecular formula is C14H22O2. The van der Waals surface area contributed by atoms with Crippen LogP contribution in [0.1, 0.15) is 52.9 Å². The molecule has 90 valence electrons. The average Bonchev–Trinajstić information content (AvgIpc) is 2.15. The van der Waals surface area contributed by atoms with Crippen molar-refractivity contribution in [2.24, 2.45) is 11.3 Å². The molecule has 2 aliphatic rings. The average molecular weight is 222 g/mol. The van der Waals surface area contributed by atoms with Gasteiger partial charge >= 0.3 is 0 Å². The minimum atomic E-state index is -0.595. The Kier molecular flexibility index (Phi) is 2.73. The molecule has 0 aromatic carbocycles. The van der Waals surface area contributed by atoms with Crippen molar-refractivity contribution in [2.75, 3.05) is 0 Å². The number of carbonyl (C=O) groups excluding carboxylic acids is 1. The first-order chi connectivity index (χ1) is 7.35. The number of allylic oxidation sites excluding steroid dienone is 2. The number of aliphatic hydroxyl groups is 1. The predicted octanol–water partition coefficient (Wildman–Crippen LogP) is 2.85. The Morgan fingerprint density at radius 2 is 2.12 bits per heavy atom. The molecule has 1 fully saturated rings. The highest BCUT2D eigenvalue weighted by Crippen LogP contribution is 2.53. The van der Waals surface area contributed by atoms with Crippen LogP contribution in [0.25, 0.3) is 0 Å². The molecule has 0 aromatic heterocycles. The molecule has 0 unspecified atom stereocenters. The summed E-state index contributed by atoms with van der Waals surface area (Å²) in [5.41, 5.74) is 0.521. The Labute approximate surface area is 97.7 Å². The highest BCUT2D eigenvalue weighted by atomic mass is 16.3. The molecule has 2 heteroatoms. The summed E-state index contributed by atoms with van der Waals surface area (Å²) in [6.45, 7) is 5.84. The largest absolute Gasteiger partial charge is 0.390 e. The second-order valence-corrected chi connectivity index (χ2v) is 6.11. The first-order valence-electron chi connectivity index (χ1n) is 6.27. The third-order valence-electron chi connectivity index (χ3n) is 4.71. The van der Waals surface area contributed by atoms with Crippen molar-refractivity contribution in [3.05, 3.63) is 11.6 Å². The van der Waals surface area contributed by atoms with E-state index in [0.717, 1.165) is 31.3 Å². The van der Waals surface area contributed by atoms with Gasteiger partial charge in [-0.1, -0.05) is 19.4 Å². The number of fused-ring (bicyclic) bond motifs is 1. The zero-order valence-corrected chi connectivity index (χ0v) is 10.5. The maximum Gasteiger partial charge on any atom is 0.155 e. The molecule has 0 saturated heterocycles. The summed E-state index contributed by atoms with van der Waals surface area (Å²) in [7, 11) is 0. The fourth-order valence-electron chi connectivity index (χ4n) is 3.61. The quantitative estimate of drug-likeness (QED) is 0.740. The zero-order valence-electron chi connectivity index (χ0n) is 10.5. The third-order valence-corrected chi connectivity index (χ3v) is 4.71. The Bertz CT molecular complexity index is 341. The van der Waals surface area contributed by atoms with E-state index in [-0.39, 0.29) is 17.1 Å². The topological polar surface area (TPSA) is 37.3 Å². The Morgan fingerprint density at radius 3 is 2.75 bits per heavy atom. The van der Waals surface area contributed by atoms with Crippen molar-refractivity contribution in [1.82, 2.24) is 0 Å². The van der Waals surface area contributed by atoms with Crippen LogP contribution in [0.15, 0.2) is 11.6 Å². The molecule has 0 aliphatic heterocycles. The van der Waals surface area contributed by atoms with Gasteiger partial charge in [0.15, 0.2) is 5.78 Å². The van der Waals surface area contributed by atoms with Crippen molar-refractivity contribution in [1.29, 1.82) is 0 Å². The second kappa shape index (κ2) is 3.69. The fourth-order valence-corrected chi connectivity index (χ4v) is 3.61. The smallest absolute Gasteiger partial charge is 0.155 e. The number of rotatable bonds is 1. The van der Waals surface area contributed by atoms with Crippen molar-refractivity contribution in [2.45, 2.75) is 58.5 Å². The van der Waals surface area contributed by atoms with Gasteiger partial charge in [0.25, 0.3) is 0 Å². The summed E-state index contributed by atoms with van der Waals surface area (Å²) in [5, 5.41) is 10.5. The predicted molar refractivity (Wildman–Crippen MR) is 64.1 cm³/mol. The molecule has 1 saturated carbocycles. The van der Waals surface area contributed by atoms with Gasteiger partial charge in [-0.2, -0.15) is 0 Å². The number of ketones is 1. The van der Waals surface area contributed by atoms with Gasteiger partial charge in [0.05, 0.1) is 5.60 Å². The standard InChI is InChI=1S/C14H22O2/c1-10(15)11-5-8-13(2)6-4-7-14(3,16)12(13)9-11/h5,12,16H,4,6-9H2,1-3H3/t12-,13+,14+/m1/s1. The molecule has 2 nitrogen and oxygen atoms in total. The molecule has 16 heavy (non-hydrogen) atoms. The van der Waals surface area contributed by atoms with E-state index in [1.165, 1.54) is 6.42 Å². The molecule has 2 aliphatic carbocycles. The third kappa shape index (κ3) is 1.84. The summed E-state index contributed by atoms with van der Waals surface area (Å²) in [5.74, 6) is 0.418. The Morgan fingerprint density at radius 1 is 1.44 bits per heavy atom. The summed E-state index contributed by atoms with van der Waals surface area (Å²) in [4.78, 5) is 11.4. The van der Waals surface area contributed by atoms with Gasteiger partial charge in [-0.05, 0) is 56.4 Å². The molecule has 0 aromatic rings. The van der Waals surface area contributed by atoms with Crippen molar-refractivity contribution >= 4 is 5.78 Å². The van der Waals surface area contributed by atoms with Gasteiger partial charge in [0.2, 0.25) is 0 Å². The maximum atomic E-state index is 11.4. The van der Waals surface area contributed by atoms with Crippen LogP contribution in [-0.4, -0.2) is 16.5 Å². The highest BCUT2D eigenvalue weighted by Gasteiger charge is 2.49. The molecular weight excluding hydrogens is 200 g/mol. The highest BCUT2D eigenvalue weighted by molar-refractivity contribution is 5.93. The summed E-state index contributed by atoms with van der Waals surface area (Å²) < 4.78 is 0. The Hall–Kier alpha value is -0.630. The number of hydrogen-bond donors (Lipinski definition) is 1. The van der Waals surface area contributed by atoms with E-state index < -0.39 is 5.60 Å². The van der Waals surface area contributed by atoms with Crippen LogP contribution in [0.5, 0.6) is 0 Å². The first kappa shape index (κ1) is 11.8. The molecule has 0 amide bonds. The van der Waals surface area contributed by atoms with Crippen LogP contribution < -0.4 is 0 Å². The van der Waals surface area contributed by atoms with E-state index >= 15 is 0 Å². The SMILES string of the molecule is CC(=O)C1=CC[C@]2(C)CCC[C@](C)(O)[C@@H]2C1. The van der Waals surface area contributed by atoms with E-state index in [9.17, 15) is 9.90 Å². The molecule has 0 bridgehead atoms.